The molecule has 1 saturated heterocycles. The Morgan fingerprint density at radius 3 is 2.47 bits per heavy atom. The normalized spacial score (nSPS) is 20.6. The number of nitrogens with one attached hydrogen (secondary N) is 2. The van der Waals surface area contributed by atoms with Crippen LogP contribution in [0.25, 0.3) is 0 Å². The molecule has 0 spiro atoms. The standard InChI is InChI=1S/C13H29N3O2S/c1-4-8-16-9-5-13(6-10-16)12(2)15-7-11-19(17,18)14-3/h12-15H,4-11H2,1-3H3. The molecule has 0 aromatic carbocycles. The number of likely N-dealkylation sites (tertiary alicyclic amines) is 1. The van der Waals surface area contributed by atoms with Crippen molar-refractivity contribution in [2.75, 3.05) is 39.0 Å². The van der Waals surface area contributed by atoms with E-state index in [-0.39, 0.29) is 5.75 Å². The number of hydrogen-bond donors (Lipinski definition) is 2. The van der Waals surface area contributed by atoms with Crippen molar-refractivity contribution in [1.29, 1.82) is 0 Å². The smallest absolute Gasteiger partial charge is 0.212 e. The fourth-order valence-corrected chi connectivity index (χ4v) is 3.27. The summed E-state index contributed by atoms with van der Waals surface area (Å²) in [5.74, 6) is 0.827. The molecule has 0 radical (unpaired) electrons. The van der Waals surface area contributed by atoms with E-state index in [1.54, 1.807) is 0 Å². The van der Waals surface area contributed by atoms with Crippen molar-refractivity contribution >= 4 is 10.0 Å². The van der Waals surface area contributed by atoms with Gasteiger partial charge in [0, 0.05) is 12.6 Å². The lowest BCUT2D eigenvalue weighted by Gasteiger charge is -2.35. The summed E-state index contributed by atoms with van der Waals surface area (Å²) in [6.07, 6.45) is 3.65. The molecule has 0 aromatic heterocycles. The summed E-state index contributed by atoms with van der Waals surface area (Å²) in [6, 6.07) is 0.399. The van der Waals surface area contributed by atoms with Crippen molar-refractivity contribution < 1.29 is 8.42 Å². The highest BCUT2D eigenvalue weighted by atomic mass is 32.2. The second-order valence-electron chi connectivity index (χ2n) is 5.44. The topological polar surface area (TPSA) is 61.4 Å². The summed E-state index contributed by atoms with van der Waals surface area (Å²) in [5.41, 5.74) is 0. The first-order valence-electron chi connectivity index (χ1n) is 7.35. The second kappa shape index (κ2) is 8.19. The zero-order chi connectivity index (χ0) is 14.3. The lowest BCUT2D eigenvalue weighted by atomic mass is 9.90. The Bertz CT molecular complexity index is 338. The van der Waals surface area contributed by atoms with E-state index >= 15 is 0 Å². The maximum atomic E-state index is 11.3. The van der Waals surface area contributed by atoms with E-state index in [4.69, 9.17) is 0 Å². The third-order valence-electron chi connectivity index (χ3n) is 4.03. The van der Waals surface area contributed by atoms with Crippen LogP contribution in [0.4, 0.5) is 0 Å². The molecular weight excluding hydrogens is 262 g/mol. The first-order valence-corrected chi connectivity index (χ1v) is 9.00. The van der Waals surface area contributed by atoms with E-state index in [2.05, 4.69) is 28.8 Å². The monoisotopic (exact) mass is 291 g/mol. The molecule has 0 amide bonds. The first kappa shape index (κ1) is 16.9. The molecule has 0 saturated carbocycles. The summed E-state index contributed by atoms with van der Waals surface area (Å²) < 4.78 is 25.0. The Kier molecular flexibility index (Phi) is 7.28. The molecule has 6 heteroatoms. The lowest BCUT2D eigenvalue weighted by molar-refractivity contribution is 0.163. The van der Waals surface area contributed by atoms with E-state index < -0.39 is 10.0 Å². The molecule has 5 nitrogen and oxygen atoms in total. The Morgan fingerprint density at radius 1 is 1.32 bits per heavy atom. The molecule has 114 valence electrons. The zero-order valence-corrected chi connectivity index (χ0v) is 13.3. The first-order chi connectivity index (χ1) is 8.98. The fraction of sp³-hybridized carbons (Fsp3) is 1.00. The average molecular weight is 291 g/mol. The van der Waals surface area contributed by atoms with Gasteiger partial charge >= 0.3 is 0 Å². The van der Waals surface area contributed by atoms with Crippen molar-refractivity contribution in [2.24, 2.45) is 5.92 Å². The summed E-state index contributed by atoms with van der Waals surface area (Å²) in [7, 11) is -1.62. The molecule has 1 atom stereocenters. The predicted molar refractivity (Wildman–Crippen MR) is 79.8 cm³/mol. The molecule has 1 rings (SSSR count). The van der Waals surface area contributed by atoms with Crippen LogP contribution in [0.2, 0.25) is 0 Å². The molecule has 1 aliphatic rings. The molecule has 1 heterocycles. The van der Waals surface area contributed by atoms with Crippen molar-refractivity contribution in [3.8, 4) is 0 Å². The van der Waals surface area contributed by atoms with E-state index in [9.17, 15) is 8.42 Å². The van der Waals surface area contributed by atoms with Crippen LogP contribution in [0.3, 0.4) is 0 Å². The van der Waals surface area contributed by atoms with Crippen LogP contribution in [-0.4, -0.2) is 58.3 Å². The third-order valence-corrected chi connectivity index (χ3v) is 5.39. The molecule has 0 aromatic rings. The summed E-state index contributed by atoms with van der Waals surface area (Å²) in [4.78, 5) is 2.52. The number of hydrogen-bond acceptors (Lipinski definition) is 4. The number of nitrogens with zero attached hydrogens (tertiary/aromatic N) is 1. The summed E-state index contributed by atoms with van der Waals surface area (Å²) in [6.45, 7) is 8.48. The number of piperidine rings is 1. The fourth-order valence-electron chi connectivity index (χ4n) is 2.68. The van der Waals surface area contributed by atoms with Gasteiger partial charge in [-0.1, -0.05) is 6.92 Å². The molecule has 0 aliphatic carbocycles. The van der Waals surface area contributed by atoms with E-state index in [0.717, 1.165) is 0 Å². The van der Waals surface area contributed by atoms with Gasteiger partial charge in [0.05, 0.1) is 5.75 Å². The number of sulfonamides is 1. The minimum atomic E-state index is -3.08. The summed E-state index contributed by atoms with van der Waals surface area (Å²) >= 11 is 0. The SMILES string of the molecule is CCCN1CCC(C(C)NCCS(=O)(=O)NC)CC1. The Balaban J connectivity index is 2.22. The molecular formula is C13H29N3O2S. The molecule has 1 unspecified atom stereocenters. The minimum Gasteiger partial charge on any atom is -0.313 e. The minimum absolute atomic E-state index is 0.155. The van der Waals surface area contributed by atoms with Crippen molar-refractivity contribution in [1.82, 2.24) is 14.9 Å². The van der Waals surface area contributed by atoms with Gasteiger partial charge in [0.25, 0.3) is 0 Å². The maximum Gasteiger partial charge on any atom is 0.212 e. The Labute approximate surface area is 118 Å². The van der Waals surface area contributed by atoms with Crippen LogP contribution in [0, 0.1) is 5.92 Å². The van der Waals surface area contributed by atoms with Crippen LogP contribution in [0.5, 0.6) is 0 Å². The second-order valence-corrected chi connectivity index (χ2v) is 7.49. The predicted octanol–water partition coefficient (Wildman–Crippen LogP) is 0.636. The van der Waals surface area contributed by atoms with Gasteiger partial charge < -0.3 is 10.2 Å². The van der Waals surface area contributed by atoms with Crippen LogP contribution in [-0.2, 0) is 10.0 Å². The van der Waals surface area contributed by atoms with Gasteiger partial charge in [-0.3, -0.25) is 0 Å². The van der Waals surface area contributed by atoms with Gasteiger partial charge in [0.1, 0.15) is 0 Å². The lowest BCUT2D eigenvalue weighted by Crippen LogP contribution is -2.43. The van der Waals surface area contributed by atoms with Gasteiger partial charge in [-0.2, -0.15) is 0 Å². The highest BCUT2D eigenvalue weighted by Crippen LogP contribution is 2.20. The number of rotatable bonds is 8. The molecule has 2 N–H and O–H groups in total. The molecule has 0 bridgehead atoms. The highest BCUT2D eigenvalue weighted by molar-refractivity contribution is 7.89. The third kappa shape index (κ3) is 6.21. The van der Waals surface area contributed by atoms with Gasteiger partial charge in [-0.15, -0.1) is 0 Å². The average Bonchev–Trinajstić information content (AvgIpc) is 2.39. The van der Waals surface area contributed by atoms with Gasteiger partial charge in [0.15, 0.2) is 0 Å². The largest absolute Gasteiger partial charge is 0.313 e. The highest BCUT2D eigenvalue weighted by Gasteiger charge is 2.23. The van der Waals surface area contributed by atoms with Crippen LogP contribution in [0.1, 0.15) is 33.1 Å². The quantitative estimate of drug-likeness (QED) is 0.689. The van der Waals surface area contributed by atoms with Gasteiger partial charge in [-0.05, 0) is 58.8 Å². The van der Waals surface area contributed by atoms with E-state index in [0.29, 0.717) is 18.5 Å². The van der Waals surface area contributed by atoms with Crippen molar-refractivity contribution in [3.05, 3.63) is 0 Å². The molecule has 1 aliphatic heterocycles. The van der Waals surface area contributed by atoms with Crippen molar-refractivity contribution in [2.45, 2.75) is 39.2 Å². The van der Waals surface area contributed by atoms with E-state index in [1.807, 2.05) is 0 Å². The van der Waals surface area contributed by atoms with E-state index in [1.165, 1.54) is 45.9 Å². The molecule has 1 fully saturated rings. The van der Waals surface area contributed by atoms with Crippen LogP contribution >= 0.6 is 0 Å². The maximum absolute atomic E-state index is 11.3. The van der Waals surface area contributed by atoms with Crippen LogP contribution in [0.15, 0.2) is 0 Å². The Morgan fingerprint density at radius 2 is 1.95 bits per heavy atom. The van der Waals surface area contributed by atoms with Gasteiger partial charge in [-0.25, -0.2) is 13.1 Å². The van der Waals surface area contributed by atoms with Crippen molar-refractivity contribution in [3.63, 3.8) is 0 Å². The Hall–Kier alpha value is -0.170. The zero-order valence-electron chi connectivity index (χ0n) is 12.5. The van der Waals surface area contributed by atoms with Crippen LogP contribution < -0.4 is 10.0 Å². The molecule has 19 heavy (non-hydrogen) atoms. The van der Waals surface area contributed by atoms with Gasteiger partial charge in [0.2, 0.25) is 10.0 Å². The summed E-state index contributed by atoms with van der Waals surface area (Å²) in [5, 5.41) is 3.35.